The first-order valence-electron chi connectivity index (χ1n) is 2.14. The molecule has 0 saturated heterocycles. The standard InChI is InChI=1S/C4H9F2OP/c1-3(2,7)4(5,6)8/h7H,8H2,1-2H3. The maximum atomic E-state index is 11.9. The molecule has 1 atom stereocenters. The Morgan fingerprint density at radius 1 is 1.38 bits per heavy atom. The van der Waals surface area contributed by atoms with Gasteiger partial charge in [0.05, 0.1) is 0 Å². The van der Waals surface area contributed by atoms with E-state index in [4.69, 9.17) is 5.11 Å². The lowest BCUT2D eigenvalue weighted by Gasteiger charge is -2.24. The van der Waals surface area contributed by atoms with Gasteiger partial charge in [-0.2, -0.15) is 8.78 Å². The predicted molar refractivity (Wildman–Crippen MR) is 31.0 cm³/mol. The zero-order chi connectivity index (χ0) is 7.00. The average molecular weight is 142 g/mol. The number of alkyl halides is 2. The van der Waals surface area contributed by atoms with Crippen molar-refractivity contribution >= 4 is 9.24 Å². The largest absolute Gasteiger partial charge is 0.384 e. The molecule has 0 heterocycles. The molecule has 50 valence electrons. The molecule has 0 saturated carbocycles. The van der Waals surface area contributed by atoms with Crippen LogP contribution in [0.3, 0.4) is 0 Å². The summed E-state index contributed by atoms with van der Waals surface area (Å²) < 4.78 is 23.9. The van der Waals surface area contributed by atoms with Crippen LogP contribution in [0, 0.1) is 0 Å². The second-order valence-corrected chi connectivity index (χ2v) is 2.91. The fourth-order valence-corrected chi connectivity index (χ4v) is 0. The minimum Gasteiger partial charge on any atom is -0.384 e. The van der Waals surface area contributed by atoms with Crippen molar-refractivity contribution in [3.8, 4) is 0 Å². The molecule has 0 radical (unpaired) electrons. The van der Waals surface area contributed by atoms with E-state index in [0.717, 1.165) is 13.8 Å². The third-order valence-corrected chi connectivity index (χ3v) is 1.52. The van der Waals surface area contributed by atoms with Gasteiger partial charge in [0.15, 0.2) is 0 Å². The van der Waals surface area contributed by atoms with Crippen molar-refractivity contribution in [2.45, 2.75) is 25.1 Å². The minimum absolute atomic E-state index is 1.06. The molecule has 0 aliphatic heterocycles. The Morgan fingerprint density at radius 3 is 1.50 bits per heavy atom. The number of aliphatic hydroxyl groups is 1. The summed E-state index contributed by atoms with van der Waals surface area (Å²) in [6.07, 6.45) is 0. The van der Waals surface area contributed by atoms with Gasteiger partial charge in [0.2, 0.25) is 0 Å². The summed E-state index contributed by atoms with van der Waals surface area (Å²) in [5, 5.41) is 8.58. The molecule has 0 aromatic rings. The molecule has 0 fully saturated rings. The van der Waals surface area contributed by atoms with Crippen LogP contribution in [-0.2, 0) is 0 Å². The molecular formula is C4H9F2OP. The second kappa shape index (κ2) is 1.89. The highest BCUT2D eigenvalue weighted by atomic mass is 31.0. The molecule has 0 aliphatic rings. The summed E-state index contributed by atoms with van der Waals surface area (Å²) >= 11 is 0. The lowest BCUT2D eigenvalue weighted by molar-refractivity contribution is -0.0965. The van der Waals surface area contributed by atoms with Gasteiger partial charge < -0.3 is 5.11 Å². The molecule has 1 nitrogen and oxygen atoms in total. The van der Waals surface area contributed by atoms with E-state index in [1.165, 1.54) is 9.24 Å². The summed E-state index contributed by atoms with van der Waals surface area (Å²) in [4.78, 5) is 0. The van der Waals surface area contributed by atoms with Crippen molar-refractivity contribution in [1.29, 1.82) is 0 Å². The number of hydrogen-bond donors (Lipinski definition) is 1. The minimum atomic E-state index is -3.09. The van der Waals surface area contributed by atoms with E-state index in [9.17, 15) is 8.78 Å². The molecule has 1 unspecified atom stereocenters. The van der Waals surface area contributed by atoms with Crippen LogP contribution in [0.5, 0.6) is 0 Å². The van der Waals surface area contributed by atoms with E-state index in [0.29, 0.717) is 0 Å². The molecular weight excluding hydrogens is 133 g/mol. The highest BCUT2D eigenvalue weighted by molar-refractivity contribution is 7.18. The van der Waals surface area contributed by atoms with E-state index in [-0.39, 0.29) is 0 Å². The Morgan fingerprint density at radius 2 is 1.50 bits per heavy atom. The maximum Gasteiger partial charge on any atom is 0.286 e. The van der Waals surface area contributed by atoms with Crippen molar-refractivity contribution in [2.75, 3.05) is 0 Å². The predicted octanol–water partition coefficient (Wildman–Crippen LogP) is 1.23. The first-order chi connectivity index (χ1) is 3.25. The molecule has 0 amide bonds. The van der Waals surface area contributed by atoms with E-state index in [2.05, 4.69) is 0 Å². The maximum absolute atomic E-state index is 11.9. The molecule has 0 aromatic heterocycles. The summed E-state index contributed by atoms with van der Waals surface area (Å²) in [5.41, 5.74) is -5.02. The summed E-state index contributed by atoms with van der Waals surface area (Å²) in [5.74, 6) is 0. The fraction of sp³-hybridized carbons (Fsp3) is 1.00. The molecule has 4 heteroatoms. The van der Waals surface area contributed by atoms with E-state index < -0.39 is 11.3 Å². The zero-order valence-corrected chi connectivity index (χ0v) is 5.94. The van der Waals surface area contributed by atoms with Crippen LogP contribution < -0.4 is 0 Å². The van der Waals surface area contributed by atoms with Crippen molar-refractivity contribution in [3.05, 3.63) is 0 Å². The topological polar surface area (TPSA) is 20.2 Å². The first kappa shape index (κ1) is 8.25. The van der Waals surface area contributed by atoms with Gasteiger partial charge in [0, 0.05) is 0 Å². The van der Waals surface area contributed by atoms with Crippen molar-refractivity contribution in [1.82, 2.24) is 0 Å². The van der Waals surface area contributed by atoms with Crippen LogP contribution in [0.25, 0.3) is 0 Å². The Labute approximate surface area is 49.3 Å². The SMILES string of the molecule is CC(C)(O)C(F)(F)P. The Balaban J connectivity index is 4.02. The van der Waals surface area contributed by atoms with Crippen molar-refractivity contribution < 1.29 is 13.9 Å². The van der Waals surface area contributed by atoms with E-state index in [1.807, 2.05) is 0 Å². The Kier molecular flexibility index (Phi) is 1.95. The summed E-state index contributed by atoms with van der Waals surface area (Å²) in [6, 6.07) is 0. The van der Waals surface area contributed by atoms with Gasteiger partial charge >= 0.3 is 0 Å². The Bertz CT molecular complexity index is 69.0. The fourth-order valence-electron chi connectivity index (χ4n) is 0. The molecule has 0 spiro atoms. The van der Waals surface area contributed by atoms with Crippen LogP contribution in [0.4, 0.5) is 8.78 Å². The molecule has 0 aliphatic carbocycles. The second-order valence-electron chi connectivity index (χ2n) is 2.18. The van der Waals surface area contributed by atoms with Crippen LogP contribution in [0.1, 0.15) is 13.8 Å². The van der Waals surface area contributed by atoms with Gasteiger partial charge in [-0.05, 0) is 13.8 Å². The van der Waals surface area contributed by atoms with Gasteiger partial charge in [0.25, 0.3) is 5.66 Å². The Hall–Kier alpha value is 0.250. The number of rotatable bonds is 1. The zero-order valence-electron chi connectivity index (χ0n) is 4.78. The lowest BCUT2D eigenvalue weighted by atomic mass is 10.1. The first-order valence-corrected chi connectivity index (χ1v) is 2.72. The van der Waals surface area contributed by atoms with Crippen LogP contribution >= 0.6 is 9.24 Å². The van der Waals surface area contributed by atoms with Crippen LogP contribution in [-0.4, -0.2) is 16.4 Å². The molecule has 1 N–H and O–H groups in total. The van der Waals surface area contributed by atoms with E-state index in [1.54, 1.807) is 0 Å². The van der Waals surface area contributed by atoms with Crippen LogP contribution in [0.2, 0.25) is 0 Å². The normalized spacial score (nSPS) is 14.2. The number of halogens is 2. The lowest BCUT2D eigenvalue weighted by Crippen LogP contribution is -2.36. The van der Waals surface area contributed by atoms with Crippen molar-refractivity contribution in [2.24, 2.45) is 0 Å². The van der Waals surface area contributed by atoms with Crippen LogP contribution in [0.15, 0.2) is 0 Å². The monoisotopic (exact) mass is 142 g/mol. The molecule has 0 aromatic carbocycles. The van der Waals surface area contributed by atoms with Gasteiger partial charge in [-0.1, -0.05) is 9.24 Å². The third kappa shape index (κ3) is 2.01. The highest BCUT2D eigenvalue weighted by Crippen LogP contribution is 2.33. The highest BCUT2D eigenvalue weighted by Gasteiger charge is 2.39. The molecule has 0 rings (SSSR count). The van der Waals surface area contributed by atoms with Crippen molar-refractivity contribution in [3.63, 3.8) is 0 Å². The summed E-state index contributed by atoms with van der Waals surface area (Å²) in [6.45, 7) is 2.11. The van der Waals surface area contributed by atoms with Gasteiger partial charge in [-0.25, -0.2) is 0 Å². The third-order valence-electron chi connectivity index (χ3n) is 0.816. The number of hydrogen-bond acceptors (Lipinski definition) is 1. The average Bonchev–Trinajstić information content (AvgIpc) is 1.25. The van der Waals surface area contributed by atoms with E-state index >= 15 is 0 Å². The van der Waals surface area contributed by atoms with Gasteiger partial charge in [0.1, 0.15) is 5.60 Å². The van der Waals surface area contributed by atoms with Gasteiger partial charge in [-0.3, -0.25) is 0 Å². The quantitative estimate of drug-likeness (QED) is 0.546. The molecule has 0 bridgehead atoms. The molecule has 8 heavy (non-hydrogen) atoms. The summed E-state index contributed by atoms with van der Waals surface area (Å²) in [7, 11) is 1.28. The smallest absolute Gasteiger partial charge is 0.286 e. The van der Waals surface area contributed by atoms with Gasteiger partial charge in [-0.15, -0.1) is 0 Å².